The molecule has 0 bridgehead atoms. The first-order valence-electron chi connectivity index (χ1n) is 5.96. The maximum absolute atomic E-state index is 12.2. The average Bonchev–Trinajstić information content (AvgIpc) is 2.51. The molecule has 0 aliphatic rings. The summed E-state index contributed by atoms with van der Waals surface area (Å²) in [4.78, 5) is 12.2. The van der Waals surface area contributed by atoms with E-state index in [1.54, 1.807) is 24.3 Å². The minimum absolute atomic E-state index is 0.00248. The van der Waals surface area contributed by atoms with Gasteiger partial charge in [-0.2, -0.15) is 0 Å². The molecule has 0 saturated heterocycles. The Balaban J connectivity index is 2.43. The third-order valence-electron chi connectivity index (χ3n) is 3.10. The minimum atomic E-state index is -0.769. The molecule has 3 aromatic rings. The van der Waals surface area contributed by atoms with Crippen LogP contribution < -0.4 is 5.43 Å². The molecule has 5 nitrogen and oxygen atoms in total. The van der Waals surface area contributed by atoms with Crippen molar-refractivity contribution in [1.29, 1.82) is 0 Å². The van der Waals surface area contributed by atoms with Crippen LogP contribution in [0.3, 0.4) is 0 Å². The van der Waals surface area contributed by atoms with Crippen molar-refractivity contribution in [3.8, 4) is 28.6 Å². The molecule has 0 radical (unpaired) electrons. The van der Waals surface area contributed by atoms with E-state index in [0.717, 1.165) is 0 Å². The molecule has 0 atom stereocenters. The van der Waals surface area contributed by atoms with E-state index in [2.05, 4.69) is 15.9 Å². The topological polar surface area (TPSA) is 90.9 Å². The molecule has 1 heterocycles. The fourth-order valence-electron chi connectivity index (χ4n) is 2.06. The Morgan fingerprint density at radius 1 is 0.952 bits per heavy atom. The quantitative estimate of drug-likeness (QED) is 0.586. The summed E-state index contributed by atoms with van der Waals surface area (Å²) in [7, 11) is 0. The summed E-state index contributed by atoms with van der Waals surface area (Å²) in [5, 5.41) is 28.9. The number of halogens is 1. The van der Waals surface area contributed by atoms with Gasteiger partial charge in [-0.25, -0.2) is 0 Å². The Labute approximate surface area is 126 Å². The molecule has 6 heteroatoms. The van der Waals surface area contributed by atoms with Crippen LogP contribution in [-0.4, -0.2) is 15.3 Å². The largest absolute Gasteiger partial charge is 0.504 e. The van der Waals surface area contributed by atoms with E-state index in [1.165, 1.54) is 6.07 Å². The first-order chi connectivity index (χ1) is 10.0. The molecule has 2 aromatic carbocycles. The van der Waals surface area contributed by atoms with Crippen molar-refractivity contribution in [2.24, 2.45) is 0 Å². The van der Waals surface area contributed by atoms with Crippen LogP contribution in [0.15, 0.2) is 50.1 Å². The molecule has 0 amide bonds. The monoisotopic (exact) mass is 348 g/mol. The van der Waals surface area contributed by atoms with Crippen molar-refractivity contribution in [2.45, 2.75) is 0 Å². The number of hydrogen-bond acceptors (Lipinski definition) is 5. The predicted octanol–water partition coefficient (Wildman–Crippen LogP) is 3.34. The van der Waals surface area contributed by atoms with Crippen LogP contribution in [0.1, 0.15) is 0 Å². The van der Waals surface area contributed by atoms with Gasteiger partial charge in [0.15, 0.2) is 22.5 Å². The minimum Gasteiger partial charge on any atom is -0.504 e. The molecule has 0 aliphatic heterocycles. The van der Waals surface area contributed by atoms with Crippen LogP contribution >= 0.6 is 15.9 Å². The highest BCUT2D eigenvalue weighted by Crippen LogP contribution is 2.46. The Hall–Kier alpha value is -2.47. The van der Waals surface area contributed by atoms with Crippen molar-refractivity contribution in [1.82, 2.24) is 0 Å². The van der Waals surface area contributed by atoms with Gasteiger partial charge in [0.1, 0.15) is 15.6 Å². The zero-order valence-electron chi connectivity index (χ0n) is 10.5. The van der Waals surface area contributed by atoms with Gasteiger partial charge in [0, 0.05) is 11.6 Å². The SMILES string of the molecule is O=c1cc(-c2ccccc2)oc2c(Br)c(O)c(O)c(O)c12. The lowest BCUT2D eigenvalue weighted by molar-refractivity contribution is 0.368. The zero-order valence-corrected chi connectivity index (χ0v) is 12.1. The molecule has 0 spiro atoms. The molecule has 3 rings (SSSR count). The summed E-state index contributed by atoms with van der Waals surface area (Å²) < 4.78 is 5.60. The lowest BCUT2D eigenvalue weighted by Gasteiger charge is -2.09. The van der Waals surface area contributed by atoms with Crippen LogP contribution in [0.5, 0.6) is 17.2 Å². The molecule has 3 N–H and O–H groups in total. The van der Waals surface area contributed by atoms with E-state index in [9.17, 15) is 20.1 Å². The van der Waals surface area contributed by atoms with Crippen molar-refractivity contribution < 1.29 is 19.7 Å². The maximum Gasteiger partial charge on any atom is 0.202 e. The molecule has 0 fully saturated rings. The highest BCUT2D eigenvalue weighted by atomic mass is 79.9. The van der Waals surface area contributed by atoms with Crippen molar-refractivity contribution in [3.63, 3.8) is 0 Å². The van der Waals surface area contributed by atoms with Crippen LogP contribution in [0.2, 0.25) is 0 Å². The standard InChI is InChI=1S/C15H9BrO5/c16-11-13(19)14(20)12(18)10-8(17)6-9(21-15(10)11)7-4-2-1-3-5-7/h1-6,18-20H. The Bertz CT molecular complexity index is 900. The summed E-state index contributed by atoms with van der Waals surface area (Å²) in [6.45, 7) is 0. The van der Waals surface area contributed by atoms with E-state index >= 15 is 0 Å². The molecule has 21 heavy (non-hydrogen) atoms. The van der Waals surface area contributed by atoms with Gasteiger partial charge in [0.2, 0.25) is 5.75 Å². The molecule has 0 aliphatic carbocycles. The van der Waals surface area contributed by atoms with E-state index < -0.39 is 22.7 Å². The molecular weight excluding hydrogens is 340 g/mol. The number of phenolic OH excluding ortho intramolecular Hbond substituents is 3. The van der Waals surface area contributed by atoms with Gasteiger partial charge < -0.3 is 19.7 Å². The molecular formula is C15H9BrO5. The lowest BCUT2D eigenvalue weighted by atomic mass is 10.1. The van der Waals surface area contributed by atoms with E-state index in [1.807, 2.05) is 6.07 Å². The van der Waals surface area contributed by atoms with Gasteiger partial charge in [0.05, 0.1) is 0 Å². The number of benzene rings is 2. The van der Waals surface area contributed by atoms with Crippen molar-refractivity contribution >= 4 is 26.9 Å². The maximum atomic E-state index is 12.2. The summed E-state index contributed by atoms with van der Waals surface area (Å²) in [5.41, 5.74) is 0.119. The number of phenols is 3. The first kappa shape index (κ1) is 13.5. The zero-order chi connectivity index (χ0) is 15.1. The third-order valence-corrected chi connectivity index (χ3v) is 3.83. The first-order valence-corrected chi connectivity index (χ1v) is 6.75. The Morgan fingerprint density at radius 3 is 2.29 bits per heavy atom. The summed E-state index contributed by atoms with van der Waals surface area (Å²) in [5.74, 6) is -1.78. The van der Waals surface area contributed by atoms with Gasteiger partial charge >= 0.3 is 0 Å². The van der Waals surface area contributed by atoms with E-state index in [-0.39, 0.29) is 15.4 Å². The molecule has 1 aromatic heterocycles. The van der Waals surface area contributed by atoms with Crippen molar-refractivity contribution in [3.05, 3.63) is 51.1 Å². The van der Waals surface area contributed by atoms with Crippen molar-refractivity contribution in [2.75, 3.05) is 0 Å². The lowest BCUT2D eigenvalue weighted by Crippen LogP contribution is -2.01. The van der Waals surface area contributed by atoms with Gasteiger partial charge in [-0.3, -0.25) is 4.79 Å². The molecule has 0 unspecified atom stereocenters. The Morgan fingerprint density at radius 2 is 1.62 bits per heavy atom. The van der Waals surface area contributed by atoms with E-state index in [0.29, 0.717) is 11.3 Å². The molecule has 106 valence electrons. The summed E-state index contributed by atoms with van der Waals surface area (Å²) >= 11 is 3.05. The van der Waals surface area contributed by atoms with Gasteiger partial charge in [-0.05, 0) is 15.9 Å². The summed E-state index contributed by atoms with van der Waals surface area (Å²) in [6, 6.07) is 10.2. The summed E-state index contributed by atoms with van der Waals surface area (Å²) in [6.07, 6.45) is 0. The van der Waals surface area contributed by atoms with Crippen LogP contribution in [0.25, 0.3) is 22.3 Å². The third kappa shape index (κ3) is 2.04. The number of hydrogen-bond donors (Lipinski definition) is 3. The van der Waals surface area contributed by atoms with Crippen LogP contribution in [0, 0.1) is 0 Å². The number of fused-ring (bicyclic) bond motifs is 1. The second-order valence-electron chi connectivity index (χ2n) is 4.40. The second kappa shape index (κ2) is 4.82. The van der Waals surface area contributed by atoms with Crippen LogP contribution in [0.4, 0.5) is 0 Å². The molecule has 0 saturated carbocycles. The highest BCUT2D eigenvalue weighted by Gasteiger charge is 2.21. The van der Waals surface area contributed by atoms with Gasteiger partial charge in [-0.1, -0.05) is 30.3 Å². The smallest absolute Gasteiger partial charge is 0.202 e. The van der Waals surface area contributed by atoms with E-state index in [4.69, 9.17) is 4.42 Å². The predicted molar refractivity (Wildman–Crippen MR) is 80.6 cm³/mol. The van der Waals surface area contributed by atoms with Crippen LogP contribution in [-0.2, 0) is 0 Å². The van der Waals surface area contributed by atoms with Gasteiger partial charge in [-0.15, -0.1) is 0 Å². The highest BCUT2D eigenvalue weighted by molar-refractivity contribution is 9.10. The number of rotatable bonds is 1. The normalized spacial score (nSPS) is 10.9. The fourth-order valence-corrected chi connectivity index (χ4v) is 2.53. The second-order valence-corrected chi connectivity index (χ2v) is 5.20. The Kier molecular flexibility index (Phi) is 3.10. The average molecular weight is 349 g/mol. The fraction of sp³-hybridized carbons (Fsp3) is 0. The number of aromatic hydroxyl groups is 3. The van der Waals surface area contributed by atoms with Gasteiger partial charge in [0.25, 0.3) is 0 Å².